The number of thiazole rings is 1. The van der Waals surface area contributed by atoms with Gasteiger partial charge >= 0.3 is 0 Å². The monoisotopic (exact) mass is 288 g/mol. The summed E-state index contributed by atoms with van der Waals surface area (Å²) < 4.78 is 5.79. The van der Waals surface area contributed by atoms with Crippen molar-refractivity contribution in [1.82, 2.24) is 10.3 Å². The van der Waals surface area contributed by atoms with Crippen LogP contribution >= 0.6 is 11.3 Å². The molecule has 1 aromatic heterocycles. The number of rotatable bonds is 3. The largest absolute Gasteiger partial charge is 0.368 e. The maximum absolute atomic E-state index is 5.79. The topological polar surface area (TPSA) is 34.2 Å². The van der Waals surface area contributed by atoms with Crippen molar-refractivity contribution in [3.63, 3.8) is 0 Å². The van der Waals surface area contributed by atoms with Crippen molar-refractivity contribution in [3.8, 4) is 11.3 Å². The fourth-order valence-corrected chi connectivity index (χ4v) is 3.44. The molecule has 1 fully saturated rings. The lowest BCUT2D eigenvalue weighted by molar-refractivity contribution is 0.0276. The standard InChI is InChI=1S/C16H20N2OS/c1-3-12-4-6-13(7-5-12)15-11(2)20-16(18-15)14-10-17-8-9-19-14/h4-7,14,17H,3,8-10H2,1-2H3. The van der Waals surface area contributed by atoms with Crippen molar-refractivity contribution in [1.29, 1.82) is 0 Å². The highest BCUT2D eigenvalue weighted by Gasteiger charge is 2.21. The van der Waals surface area contributed by atoms with Crippen LogP contribution in [0.3, 0.4) is 0 Å². The highest BCUT2D eigenvalue weighted by atomic mass is 32.1. The normalized spacial score (nSPS) is 19.2. The van der Waals surface area contributed by atoms with Gasteiger partial charge in [0.25, 0.3) is 0 Å². The van der Waals surface area contributed by atoms with Crippen LogP contribution in [0.25, 0.3) is 11.3 Å². The lowest BCUT2D eigenvalue weighted by Crippen LogP contribution is -2.33. The third-order valence-electron chi connectivity index (χ3n) is 3.65. The molecule has 0 saturated carbocycles. The quantitative estimate of drug-likeness (QED) is 0.940. The molecule has 3 rings (SSSR count). The Morgan fingerprint density at radius 1 is 1.35 bits per heavy atom. The Morgan fingerprint density at radius 2 is 2.15 bits per heavy atom. The molecule has 1 N–H and O–H groups in total. The number of nitrogens with one attached hydrogen (secondary N) is 1. The van der Waals surface area contributed by atoms with Crippen LogP contribution in [0.1, 0.15) is 28.5 Å². The minimum Gasteiger partial charge on any atom is -0.368 e. The van der Waals surface area contributed by atoms with Crippen LogP contribution in [-0.4, -0.2) is 24.7 Å². The van der Waals surface area contributed by atoms with E-state index in [0.717, 1.165) is 36.8 Å². The van der Waals surface area contributed by atoms with E-state index in [1.165, 1.54) is 16.0 Å². The molecule has 1 unspecified atom stereocenters. The molecule has 0 amide bonds. The summed E-state index contributed by atoms with van der Waals surface area (Å²) in [5.74, 6) is 0. The van der Waals surface area contributed by atoms with Gasteiger partial charge in [0.2, 0.25) is 0 Å². The van der Waals surface area contributed by atoms with Gasteiger partial charge in [0.05, 0.1) is 12.3 Å². The Labute approximate surface area is 124 Å². The fraction of sp³-hybridized carbons (Fsp3) is 0.438. The second kappa shape index (κ2) is 6.04. The lowest BCUT2D eigenvalue weighted by Gasteiger charge is -2.21. The van der Waals surface area contributed by atoms with Crippen molar-refractivity contribution in [2.24, 2.45) is 0 Å². The first-order valence-electron chi connectivity index (χ1n) is 7.17. The van der Waals surface area contributed by atoms with Gasteiger partial charge < -0.3 is 10.1 Å². The number of benzene rings is 1. The molecule has 2 aromatic rings. The van der Waals surface area contributed by atoms with Gasteiger partial charge in [-0.15, -0.1) is 11.3 Å². The van der Waals surface area contributed by atoms with Crippen molar-refractivity contribution in [3.05, 3.63) is 39.7 Å². The Balaban J connectivity index is 1.87. The number of nitrogens with zero attached hydrogens (tertiary/aromatic N) is 1. The summed E-state index contributed by atoms with van der Waals surface area (Å²) in [7, 11) is 0. The van der Waals surface area contributed by atoms with Gasteiger partial charge in [0, 0.05) is 23.5 Å². The smallest absolute Gasteiger partial charge is 0.124 e. The van der Waals surface area contributed by atoms with Crippen molar-refractivity contribution < 1.29 is 4.74 Å². The highest BCUT2D eigenvalue weighted by molar-refractivity contribution is 7.12. The highest BCUT2D eigenvalue weighted by Crippen LogP contribution is 2.32. The Morgan fingerprint density at radius 3 is 2.80 bits per heavy atom. The summed E-state index contributed by atoms with van der Waals surface area (Å²) >= 11 is 1.75. The molecule has 0 aliphatic carbocycles. The summed E-state index contributed by atoms with van der Waals surface area (Å²) in [5.41, 5.74) is 3.66. The predicted octanol–water partition coefficient (Wildman–Crippen LogP) is 3.34. The maximum atomic E-state index is 5.79. The molecule has 0 radical (unpaired) electrons. The first-order valence-corrected chi connectivity index (χ1v) is 7.98. The van der Waals surface area contributed by atoms with Crippen LogP contribution in [0.2, 0.25) is 0 Å². The SMILES string of the molecule is CCc1ccc(-c2nc(C3CNCCO3)sc2C)cc1. The number of aromatic nitrogens is 1. The molecule has 1 aliphatic heterocycles. The molecular weight excluding hydrogens is 268 g/mol. The number of aryl methyl sites for hydroxylation is 2. The number of ether oxygens (including phenoxy) is 1. The van der Waals surface area contributed by atoms with Crippen LogP contribution in [0.4, 0.5) is 0 Å². The molecule has 1 saturated heterocycles. The van der Waals surface area contributed by atoms with E-state index < -0.39 is 0 Å². The van der Waals surface area contributed by atoms with Crippen LogP contribution in [0.15, 0.2) is 24.3 Å². The van der Waals surface area contributed by atoms with Crippen molar-refractivity contribution in [2.75, 3.05) is 19.7 Å². The molecule has 1 atom stereocenters. The molecule has 20 heavy (non-hydrogen) atoms. The summed E-state index contributed by atoms with van der Waals surface area (Å²) in [6.45, 7) is 6.88. The minimum absolute atomic E-state index is 0.108. The molecule has 1 aromatic carbocycles. The van der Waals surface area contributed by atoms with Crippen LogP contribution in [0, 0.1) is 6.92 Å². The first kappa shape index (κ1) is 13.7. The van der Waals surface area contributed by atoms with Gasteiger partial charge in [-0.3, -0.25) is 0 Å². The zero-order valence-electron chi connectivity index (χ0n) is 12.0. The Kier molecular flexibility index (Phi) is 4.15. The average Bonchev–Trinajstić information content (AvgIpc) is 2.90. The third-order valence-corrected chi connectivity index (χ3v) is 4.71. The Hall–Kier alpha value is -1.23. The molecule has 2 heterocycles. The van der Waals surface area contributed by atoms with Crippen LogP contribution < -0.4 is 5.32 Å². The summed E-state index contributed by atoms with van der Waals surface area (Å²) in [6.07, 6.45) is 1.18. The van der Waals surface area contributed by atoms with E-state index >= 15 is 0 Å². The number of morpholine rings is 1. The van der Waals surface area contributed by atoms with Gasteiger partial charge in [-0.2, -0.15) is 0 Å². The summed E-state index contributed by atoms with van der Waals surface area (Å²) in [5, 5.41) is 4.45. The first-order chi connectivity index (χ1) is 9.78. The van der Waals surface area contributed by atoms with Crippen molar-refractivity contribution in [2.45, 2.75) is 26.4 Å². The van der Waals surface area contributed by atoms with E-state index in [4.69, 9.17) is 9.72 Å². The van der Waals surface area contributed by atoms with Gasteiger partial charge in [-0.25, -0.2) is 4.98 Å². The number of hydrogen-bond acceptors (Lipinski definition) is 4. The van der Waals surface area contributed by atoms with E-state index in [2.05, 4.69) is 43.4 Å². The van der Waals surface area contributed by atoms with Gasteiger partial charge in [-0.1, -0.05) is 31.2 Å². The van der Waals surface area contributed by atoms with Crippen LogP contribution in [0.5, 0.6) is 0 Å². The second-order valence-electron chi connectivity index (χ2n) is 5.07. The summed E-state index contributed by atoms with van der Waals surface area (Å²) in [4.78, 5) is 6.08. The molecule has 0 bridgehead atoms. The molecule has 3 nitrogen and oxygen atoms in total. The molecular formula is C16H20N2OS. The molecule has 106 valence electrons. The fourth-order valence-electron chi connectivity index (χ4n) is 2.44. The van der Waals surface area contributed by atoms with Gasteiger partial charge in [-0.05, 0) is 18.9 Å². The van der Waals surface area contributed by atoms with Crippen LogP contribution in [-0.2, 0) is 11.2 Å². The molecule has 0 spiro atoms. The lowest BCUT2D eigenvalue weighted by atomic mass is 10.1. The third kappa shape index (κ3) is 2.77. The number of hydrogen-bond donors (Lipinski definition) is 1. The maximum Gasteiger partial charge on any atom is 0.124 e. The van der Waals surface area contributed by atoms with Gasteiger partial charge in [0.1, 0.15) is 11.1 Å². The predicted molar refractivity (Wildman–Crippen MR) is 83.2 cm³/mol. The van der Waals surface area contributed by atoms with Crippen molar-refractivity contribution >= 4 is 11.3 Å². The van der Waals surface area contributed by atoms with E-state index in [1.807, 2.05) is 0 Å². The summed E-state index contributed by atoms with van der Waals surface area (Å²) in [6, 6.07) is 8.72. The molecule has 4 heteroatoms. The zero-order chi connectivity index (χ0) is 13.9. The Bertz CT molecular complexity index is 571. The second-order valence-corrected chi connectivity index (χ2v) is 6.31. The average molecular weight is 288 g/mol. The zero-order valence-corrected chi connectivity index (χ0v) is 12.8. The van der Waals surface area contributed by atoms with E-state index in [0.29, 0.717) is 0 Å². The van der Waals surface area contributed by atoms with E-state index in [-0.39, 0.29) is 6.10 Å². The van der Waals surface area contributed by atoms with Gasteiger partial charge in [0.15, 0.2) is 0 Å². The minimum atomic E-state index is 0.108. The van der Waals surface area contributed by atoms with E-state index in [1.54, 1.807) is 11.3 Å². The van der Waals surface area contributed by atoms with E-state index in [9.17, 15) is 0 Å². The molecule has 1 aliphatic rings.